The van der Waals surface area contributed by atoms with Gasteiger partial charge in [0.25, 0.3) is 0 Å². The van der Waals surface area contributed by atoms with Gasteiger partial charge in [-0.15, -0.1) is 0 Å². The summed E-state index contributed by atoms with van der Waals surface area (Å²) >= 11 is 0. The fraction of sp³-hybridized carbons (Fsp3) is 0.615. The van der Waals surface area contributed by atoms with E-state index >= 15 is 0 Å². The number of methoxy groups -OCH3 is 1. The number of nitrogens with two attached hydrogens (primary N) is 1. The Kier molecular flexibility index (Phi) is 4.92. The lowest BCUT2D eigenvalue weighted by molar-refractivity contribution is 0.128. The molecule has 1 aromatic heterocycles. The van der Waals surface area contributed by atoms with Crippen LogP contribution >= 0.6 is 0 Å². The molecule has 1 saturated heterocycles. The minimum Gasteiger partial charge on any atom is -0.481 e. The Morgan fingerprint density at radius 2 is 1.94 bits per heavy atom. The predicted molar refractivity (Wildman–Crippen MR) is 71.6 cm³/mol. The summed E-state index contributed by atoms with van der Waals surface area (Å²) in [4.78, 5) is 9.28. The maximum atomic E-state index is 5.57. The Bertz CT molecular complexity index is 364. The number of ether oxygens (including phenoxy) is 1. The highest BCUT2D eigenvalue weighted by atomic mass is 16.5. The highest BCUT2D eigenvalue weighted by molar-refractivity contribution is 5.15. The van der Waals surface area contributed by atoms with Crippen molar-refractivity contribution in [3.63, 3.8) is 0 Å². The number of pyridine rings is 1. The second kappa shape index (κ2) is 6.68. The van der Waals surface area contributed by atoms with E-state index in [1.54, 1.807) is 7.11 Å². The first-order valence-electron chi connectivity index (χ1n) is 6.46. The standard InChI is InChI=1S/C13H22N4O/c1-18-13-4-2-3-12(15-13)11-17-9-7-16(6-5-14)8-10-17/h2-4H,5-11,14H2,1H3. The molecule has 0 saturated carbocycles. The van der Waals surface area contributed by atoms with Crippen molar-refractivity contribution in [2.75, 3.05) is 46.4 Å². The quantitative estimate of drug-likeness (QED) is 0.807. The van der Waals surface area contributed by atoms with Crippen molar-refractivity contribution in [1.82, 2.24) is 14.8 Å². The van der Waals surface area contributed by atoms with Gasteiger partial charge in [-0.2, -0.15) is 0 Å². The number of nitrogens with zero attached hydrogens (tertiary/aromatic N) is 3. The molecule has 0 unspecified atom stereocenters. The van der Waals surface area contributed by atoms with E-state index in [0.29, 0.717) is 5.88 Å². The van der Waals surface area contributed by atoms with E-state index in [9.17, 15) is 0 Å². The van der Waals surface area contributed by atoms with Gasteiger partial charge in [0.05, 0.1) is 12.8 Å². The maximum absolute atomic E-state index is 5.57. The van der Waals surface area contributed by atoms with Gasteiger partial charge in [0, 0.05) is 51.9 Å². The van der Waals surface area contributed by atoms with Crippen molar-refractivity contribution in [3.8, 4) is 5.88 Å². The highest BCUT2D eigenvalue weighted by Crippen LogP contribution is 2.10. The van der Waals surface area contributed by atoms with Crippen LogP contribution in [0.25, 0.3) is 0 Å². The molecule has 0 radical (unpaired) electrons. The van der Waals surface area contributed by atoms with Gasteiger partial charge in [-0.25, -0.2) is 4.98 Å². The zero-order valence-corrected chi connectivity index (χ0v) is 11.0. The van der Waals surface area contributed by atoms with Crippen LogP contribution in [0.3, 0.4) is 0 Å². The molecule has 1 fully saturated rings. The summed E-state index contributed by atoms with van der Waals surface area (Å²) in [5.74, 6) is 0.689. The van der Waals surface area contributed by atoms with Crippen molar-refractivity contribution >= 4 is 0 Å². The maximum Gasteiger partial charge on any atom is 0.213 e. The Balaban J connectivity index is 1.83. The Morgan fingerprint density at radius 1 is 1.22 bits per heavy atom. The summed E-state index contributed by atoms with van der Waals surface area (Å²) < 4.78 is 5.14. The van der Waals surface area contributed by atoms with E-state index in [0.717, 1.165) is 51.5 Å². The molecule has 2 rings (SSSR count). The molecule has 5 heteroatoms. The summed E-state index contributed by atoms with van der Waals surface area (Å²) in [5.41, 5.74) is 6.64. The minimum absolute atomic E-state index is 0.689. The summed E-state index contributed by atoms with van der Waals surface area (Å²) in [6.07, 6.45) is 0. The van der Waals surface area contributed by atoms with Crippen LogP contribution in [0, 0.1) is 0 Å². The third kappa shape index (κ3) is 3.66. The third-order valence-electron chi connectivity index (χ3n) is 3.29. The van der Waals surface area contributed by atoms with Crippen LogP contribution in [-0.2, 0) is 6.54 Å². The second-order valence-electron chi connectivity index (χ2n) is 4.58. The van der Waals surface area contributed by atoms with Gasteiger partial charge in [0.1, 0.15) is 0 Å². The van der Waals surface area contributed by atoms with E-state index < -0.39 is 0 Å². The zero-order valence-electron chi connectivity index (χ0n) is 11.0. The van der Waals surface area contributed by atoms with Gasteiger partial charge < -0.3 is 10.5 Å². The number of hydrogen-bond acceptors (Lipinski definition) is 5. The average molecular weight is 250 g/mol. The fourth-order valence-corrected chi connectivity index (χ4v) is 2.24. The molecule has 1 aliphatic heterocycles. The van der Waals surface area contributed by atoms with Crippen LogP contribution in [0.2, 0.25) is 0 Å². The van der Waals surface area contributed by atoms with E-state index in [1.165, 1.54) is 0 Å². The van der Waals surface area contributed by atoms with E-state index in [-0.39, 0.29) is 0 Å². The summed E-state index contributed by atoms with van der Waals surface area (Å²) in [7, 11) is 1.65. The molecule has 0 atom stereocenters. The van der Waals surface area contributed by atoms with E-state index in [1.807, 2.05) is 12.1 Å². The second-order valence-corrected chi connectivity index (χ2v) is 4.58. The predicted octanol–water partition coefficient (Wildman–Crippen LogP) is 0.167. The molecule has 2 N–H and O–H groups in total. The van der Waals surface area contributed by atoms with Crippen LogP contribution in [0.4, 0.5) is 0 Å². The first kappa shape index (κ1) is 13.3. The van der Waals surface area contributed by atoms with Gasteiger partial charge in [-0.1, -0.05) is 6.07 Å². The van der Waals surface area contributed by atoms with Crippen molar-refractivity contribution < 1.29 is 4.74 Å². The van der Waals surface area contributed by atoms with Crippen molar-refractivity contribution in [1.29, 1.82) is 0 Å². The first-order valence-corrected chi connectivity index (χ1v) is 6.46. The Labute approximate surface area is 109 Å². The normalized spacial score (nSPS) is 17.9. The summed E-state index contributed by atoms with van der Waals surface area (Å²) in [6, 6.07) is 5.92. The van der Waals surface area contributed by atoms with Crippen molar-refractivity contribution in [2.45, 2.75) is 6.54 Å². The lowest BCUT2D eigenvalue weighted by Gasteiger charge is -2.34. The molecule has 0 aromatic carbocycles. The molecule has 0 bridgehead atoms. The van der Waals surface area contributed by atoms with Crippen molar-refractivity contribution in [3.05, 3.63) is 23.9 Å². The van der Waals surface area contributed by atoms with Gasteiger partial charge in [0.15, 0.2) is 0 Å². The van der Waals surface area contributed by atoms with Crippen LogP contribution in [0.5, 0.6) is 5.88 Å². The Hall–Kier alpha value is -1.17. The number of piperazine rings is 1. The van der Waals surface area contributed by atoms with E-state index in [4.69, 9.17) is 10.5 Å². The highest BCUT2D eigenvalue weighted by Gasteiger charge is 2.16. The summed E-state index contributed by atoms with van der Waals surface area (Å²) in [6.45, 7) is 7.01. The third-order valence-corrected chi connectivity index (χ3v) is 3.29. The van der Waals surface area contributed by atoms with Crippen LogP contribution in [0.1, 0.15) is 5.69 Å². The van der Waals surface area contributed by atoms with Gasteiger partial charge in [-0.05, 0) is 6.07 Å². The van der Waals surface area contributed by atoms with Gasteiger partial charge >= 0.3 is 0 Å². The molecule has 2 heterocycles. The SMILES string of the molecule is COc1cccc(CN2CCN(CCN)CC2)n1. The zero-order chi connectivity index (χ0) is 12.8. The smallest absolute Gasteiger partial charge is 0.213 e. The summed E-state index contributed by atoms with van der Waals surface area (Å²) in [5, 5.41) is 0. The molecule has 0 amide bonds. The number of hydrogen-bond donors (Lipinski definition) is 1. The molecule has 0 spiro atoms. The van der Waals surface area contributed by atoms with Gasteiger partial charge in [-0.3, -0.25) is 9.80 Å². The van der Waals surface area contributed by atoms with Crippen LogP contribution in [0.15, 0.2) is 18.2 Å². The van der Waals surface area contributed by atoms with Crippen molar-refractivity contribution in [2.24, 2.45) is 5.73 Å². The van der Waals surface area contributed by atoms with E-state index in [2.05, 4.69) is 20.9 Å². The van der Waals surface area contributed by atoms with Crippen LogP contribution < -0.4 is 10.5 Å². The molecular formula is C13H22N4O. The monoisotopic (exact) mass is 250 g/mol. The lowest BCUT2D eigenvalue weighted by Crippen LogP contribution is -2.47. The molecule has 1 aromatic rings. The fourth-order valence-electron chi connectivity index (χ4n) is 2.24. The topological polar surface area (TPSA) is 54.6 Å². The molecule has 100 valence electrons. The number of rotatable bonds is 5. The number of aromatic nitrogens is 1. The Morgan fingerprint density at radius 3 is 2.61 bits per heavy atom. The molecular weight excluding hydrogens is 228 g/mol. The molecule has 1 aliphatic rings. The molecule has 5 nitrogen and oxygen atoms in total. The average Bonchev–Trinajstić information content (AvgIpc) is 2.42. The van der Waals surface area contributed by atoms with Gasteiger partial charge in [0.2, 0.25) is 5.88 Å². The largest absolute Gasteiger partial charge is 0.481 e. The lowest BCUT2D eigenvalue weighted by atomic mass is 10.2. The first-order chi connectivity index (χ1) is 8.81. The molecule has 0 aliphatic carbocycles. The minimum atomic E-state index is 0.689. The van der Waals surface area contributed by atoms with Crippen LogP contribution in [-0.4, -0.2) is 61.2 Å². The molecule has 18 heavy (non-hydrogen) atoms.